The van der Waals surface area contributed by atoms with E-state index in [9.17, 15) is 9.59 Å². The number of ether oxygens (including phenoxy) is 2. The van der Waals surface area contributed by atoms with E-state index in [-0.39, 0.29) is 5.91 Å². The van der Waals surface area contributed by atoms with Crippen molar-refractivity contribution in [3.8, 4) is 11.5 Å². The van der Waals surface area contributed by atoms with Crippen LogP contribution in [0.25, 0.3) is 11.1 Å². The molecule has 7 heteroatoms. The Morgan fingerprint density at radius 3 is 2.68 bits per heavy atom. The first-order valence-electron chi connectivity index (χ1n) is 7.72. The van der Waals surface area contributed by atoms with E-state index in [0.717, 1.165) is 5.56 Å². The lowest BCUT2D eigenvalue weighted by molar-refractivity contribution is 0.0953. The number of hydrogen-bond donors (Lipinski definition) is 2. The predicted octanol–water partition coefficient (Wildman–Crippen LogP) is 2.11. The molecule has 0 atom stereocenters. The molecule has 1 heterocycles. The van der Waals surface area contributed by atoms with Crippen molar-refractivity contribution in [3.05, 3.63) is 58.1 Å². The number of nitrogens with one attached hydrogen (secondary N) is 2. The van der Waals surface area contributed by atoms with Gasteiger partial charge in [-0.15, -0.1) is 0 Å². The largest absolute Gasteiger partial charge is 0.493 e. The maximum Gasteiger partial charge on any atom is 0.417 e. The Bertz CT molecular complexity index is 957. The Morgan fingerprint density at radius 1 is 1.12 bits per heavy atom. The Morgan fingerprint density at radius 2 is 1.92 bits per heavy atom. The zero-order valence-electron chi connectivity index (χ0n) is 13.9. The molecule has 3 aromatic rings. The van der Waals surface area contributed by atoms with Crippen molar-refractivity contribution >= 4 is 17.0 Å². The van der Waals surface area contributed by atoms with Crippen LogP contribution in [-0.4, -0.2) is 31.7 Å². The minimum Gasteiger partial charge on any atom is -0.493 e. The van der Waals surface area contributed by atoms with E-state index < -0.39 is 5.76 Å². The molecule has 0 radical (unpaired) electrons. The molecule has 0 aliphatic rings. The van der Waals surface area contributed by atoms with Crippen molar-refractivity contribution in [2.75, 3.05) is 20.8 Å². The van der Waals surface area contributed by atoms with Crippen LogP contribution in [0.15, 0.2) is 45.6 Å². The number of carbonyl (C=O) groups excluding carboxylic acids is 1. The molecule has 7 nitrogen and oxygen atoms in total. The van der Waals surface area contributed by atoms with Crippen LogP contribution in [0.3, 0.4) is 0 Å². The summed E-state index contributed by atoms with van der Waals surface area (Å²) in [7, 11) is 3.07. The first-order valence-corrected chi connectivity index (χ1v) is 7.72. The fourth-order valence-corrected chi connectivity index (χ4v) is 2.55. The average molecular weight is 342 g/mol. The number of hydrogen-bond acceptors (Lipinski definition) is 5. The van der Waals surface area contributed by atoms with E-state index in [1.165, 1.54) is 7.11 Å². The highest BCUT2D eigenvalue weighted by molar-refractivity contribution is 5.94. The standard InChI is InChI=1S/C18H18N2O5/c1-23-15-6-4-12(10-16(15)24-2)17(21)19-8-7-11-3-5-14-13(9-11)20-18(22)25-14/h3-6,9-10H,7-8H2,1-2H3,(H,19,21)(H,20,22). The number of amides is 1. The van der Waals surface area contributed by atoms with Gasteiger partial charge >= 0.3 is 5.76 Å². The number of methoxy groups -OCH3 is 2. The normalized spacial score (nSPS) is 10.6. The number of H-pyrrole nitrogens is 1. The summed E-state index contributed by atoms with van der Waals surface area (Å²) in [6, 6.07) is 10.4. The quantitative estimate of drug-likeness (QED) is 0.716. The zero-order valence-corrected chi connectivity index (χ0v) is 13.9. The molecule has 0 aliphatic carbocycles. The van der Waals surface area contributed by atoms with Crippen LogP contribution in [0.5, 0.6) is 11.5 Å². The molecule has 2 aromatic carbocycles. The highest BCUT2D eigenvalue weighted by atomic mass is 16.5. The van der Waals surface area contributed by atoms with Crippen molar-refractivity contribution < 1.29 is 18.7 Å². The smallest absolute Gasteiger partial charge is 0.417 e. The Hall–Kier alpha value is -3.22. The third-order valence-corrected chi connectivity index (χ3v) is 3.83. The second-order valence-electron chi connectivity index (χ2n) is 5.42. The summed E-state index contributed by atoms with van der Waals surface area (Å²) < 4.78 is 15.3. The monoisotopic (exact) mass is 342 g/mol. The van der Waals surface area contributed by atoms with E-state index in [1.807, 2.05) is 12.1 Å². The van der Waals surface area contributed by atoms with Gasteiger partial charge in [0.2, 0.25) is 0 Å². The zero-order chi connectivity index (χ0) is 17.8. The summed E-state index contributed by atoms with van der Waals surface area (Å²) in [5.41, 5.74) is 2.64. The molecular weight excluding hydrogens is 324 g/mol. The van der Waals surface area contributed by atoms with Crippen LogP contribution in [0.2, 0.25) is 0 Å². The molecule has 25 heavy (non-hydrogen) atoms. The summed E-state index contributed by atoms with van der Waals surface area (Å²) in [6.07, 6.45) is 0.627. The molecule has 0 fully saturated rings. The number of aromatic amines is 1. The average Bonchev–Trinajstić information content (AvgIpc) is 3.00. The van der Waals surface area contributed by atoms with Crippen LogP contribution in [0.1, 0.15) is 15.9 Å². The van der Waals surface area contributed by atoms with Gasteiger partial charge in [0.05, 0.1) is 19.7 Å². The highest BCUT2D eigenvalue weighted by Crippen LogP contribution is 2.27. The van der Waals surface area contributed by atoms with Gasteiger partial charge in [-0.3, -0.25) is 9.78 Å². The van der Waals surface area contributed by atoms with Crippen LogP contribution in [-0.2, 0) is 6.42 Å². The predicted molar refractivity (Wildman–Crippen MR) is 92.4 cm³/mol. The molecule has 1 aromatic heterocycles. The lowest BCUT2D eigenvalue weighted by atomic mass is 10.1. The van der Waals surface area contributed by atoms with Gasteiger partial charge in [0, 0.05) is 12.1 Å². The maximum absolute atomic E-state index is 12.2. The lowest BCUT2D eigenvalue weighted by Gasteiger charge is -2.10. The van der Waals surface area contributed by atoms with Crippen molar-refractivity contribution in [3.63, 3.8) is 0 Å². The van der Waals surface area contributed by atoms with Gasteiger partial charge in [-0.1, -0.05) is 6.07 Å². The molecule has 0 saturated heterocycles. The number of aromatic nitrogens is 1. The molecular formula is C18H18N2O5. The molecule has 0 bridgehead atoms. The fraction of sp³-hybridized carbons (Fsp3) is 0.222. The van der Waals surface area contributed by atoms with Crippen LogP contribution in [0.4, 0.5) is 0 Å². The molecule has 1 amide bonds. The van der Waals surface area contributed by atoms with Crippen LogP contribution in [0, 0.1) is 0 Å². The number of oxazole rings is 1. The second-order valence-corrected chi connectivity index (χ2v) is 5.42. The van der Waals surface area contributed by atoms with Crippen molar-refractivity contribution in [2.24, 2.45) is 0 Å². The first kappa shape index (κ1) is 16.6. The molecule has 2 N–H and O–H groups in total. The summed E-state index contributed by atoms with van der Waals surface area (Å²) in [4.78, 5) is 26.0. The number of fused-ring (bicyclic) bond motifs is 1. The second kappa shape index (κ2) is 7.12. The van der Waals surface area contributed by atoms with Gasteiger partial charge in [0.15, 0.2) is 17.1 Å². The summed E-state index contributed by atoms with van der Waals surface area (Å²) in [5.74, 6) is 0.402. The fourth-order valence-electron chi connectivity index (χ4n) is 2.55. The summed E-state index contributed by atoms with van der Waals surface area (Å²) in [6.45, 7) is 0.459. The minimum absolute atomic E-state index is 0.196. The van der Waals surface area contributed by atoms with Crippen LogP contribution < -0.4 is 20.5 Å². The third kappa shape index (κ3) is 3.65. The van der Waals surface area contributed by atoms with E-state index >= 15 is 0 Å². The summed E-state index contributed by atoms with van der Waals surface area (Å²) in [5, 5.41) is 2.86. The van der Waals surface area contributed by atoms with Gasteiger partial charge in [-0.25, -0.2) is 4.79 Å². The van der Waals surface area contributed by atoms with Gasteiger partial charge in [-0.2, -0.15) is 0 Å². The van der Waals surface area contributed by atoms with Gasteiger partial charge in [0.25, 0.3) is 5.91 Å². The van der Waals surface area contributed by atoms with Crippen LogP contribution >= 0.6 is 0 Å². The summed E-state index contributed by atoms with van der Waals surface area (Å²) >= 11 is 0. The Labute approximate surface area is 143 Å². The van der Waals surface area contributed by atoms with Crippen molar-refractivity contribution in [1.82, 2.24) is 10.3 Å². The van der Waals surface area contributed by atoms with E-state index in [2.05, 4.69) is 10.3 Å². The van der Waals surface area contributed by atoms with E-state index in [0.29, 0.717) is 41.1 Å². The SMILES string of the molecule is COc1ccc(C(=O)NCCc2ccc3oc(=O)[nH]c3c2)cc1OC. The first-order chi connectivity index (χ1) is 12.1. The number of carbonyl (C=O) groups is 1. The molecule has 0 spiro atoms. The minimum atomic E-state index is -0.478. The van der Waals surface area contributed by atoms with Gasteiger partial charge in [-0.05, 0) is 42.3 Å². The van der Waals surface area contributed by atoms with Crippen molar-refractivity contribution in [2.45, 2.75) is 6.42 Å². The van der Waals surface area contributed by atoms with E-state index in [1.54, 1.807) is 31.4 Å². The third-order valence-electron chi connectivity index (χ3n) is 3.83. The van der Waals surface area contributed by atoms with Gasteiger partial charge in [0.1, 0.15) is 0 Å². The topological polar surface area (TPSA) is 93.6 Å². The number of rotatable bonds is 6. The molecule has 3 rings (SSSR count). The Balaban J connectivity index is 1.62. The molecule has 0 unspecified atom stereocenters. The number of benzene rings is 2. The molecule has 0 aliphatic heterocycles. The lowest BCUT2D eigenvalue weighted by Crippen LogP contribution is -2.25. The van der Waals surface area contributed by atoms with E-state index in [4.69, 9.17) is 13.9 Å². The molecule has 0 saturated carbocycles. The van der Waals surface area contributed by atoms with Crippen molar-refractivity contribution in [1.29, 1.82) is 0 Å². The molecule has 130 valence electrons. The van der Waals surface area contributed by atoms with Gasteiger partial charge < -0.3 is 19.2 Å². The maximum atomic E-state index is 12.2. The highest BCUT2D eigenvalue weighted by Gasteiger charge is 2.10. The Kier molecular flexibility index (Phi) is 4.74.